The van der Waals surface area contributed by atoms with Crippen molar-refractivity contribution in [2.45, 2.75) is 0 Å². The summed E-state index contributed by atoms with van der Waals surface area (Å²) in [4.78, 5) is 25.5. The largest absolute Gasteiger partial charge is 0.326 e. The van der Waals surface area contributed by atoms with Crippen molar-refractivity contribution in [3.8, 4) is 22.3 Å². The molecular formula is C30H24N2O2. The van der Waals surface area contributed by atoms with Gasteiger partial charge in [0.25, 0.3) is 0 Å². The predicted molar refractivity (Wildman–Crippen MR) is 137 cm³/mol. The fourth-order valence-corrected chi connectivity index (χ4v) is 4.15. The lowest BCUT2D eigenvalue weighted by atomic mass is 10.1. The molecule has 34 heavy (non-hydrogen) atoms. The van der Waals surface area contributed by atoms with Crippen LogP contribution in [-0.4, -0.2) is 11.8 Å². The Morgan fingerprint density at radius 1 is 0.500 bits per heavy atom. The molecule has 1 aliphatic rings. The zero-order valence-corrected chi connectivity index (χ0v) is 18.6. The topological polar surface area (TPSA) is 58.2 Å². The summed E-state index contributed by atoms with van der Waals surface area (Å²) >= 11 is 0. The molecule has 1 saturated carbocycles. The number of anilines is 2. The van der Waals surface area contributed by atoms with Crippen molar-refractivity contribution in [3.05, 3.63) is 121 Å². The highest BCUT2D eigenvalue weighted by Gasteiger charge is 2.52. The number of carbonyl (C=O) groups is 2. The Morgan fingerprint density at radius 3 is 1.18 bits per heavy atom. The first kappa shape index (κ1) is 21.4. The highest BCUT2D eigenvalue weighted by atomic mass is 16.2. The van der Waals surface area contributed by atoms with Gasteiger partial charge in [0, 0.05) is 11.4 Å². The average Bonchev–Trinajstić information content (AvgIpc) is 3.57. The van der Waals surface area contributed by atoms with E-state index in [1.807, 2.05) is 109 Å². The summed E-state index contributed by atoms with van der Waals surface area (Å²) in [6.45, 7) is 3.94. The average molecular weight is 445 g/mol. The number of hydrogen-bond donors (Lipinski definition) is 2. The molecule has 4 aromatic carbocycles. The van der Waals surface area contributed by atoms with E-state index in [-0.39, 0.29) is 11.8 Å². The Hall–Kier alpha value is -4.44. The van der Waals surface area contributed by atoms with Gasteiger partial charge in [-0.15, -0.1) is 0 Å². The van der Waals surface area contributed by atoms with Crippen LogP contribution in [0.25, 0.3) is 22.3 Å². The highest BCUT2D eigenvalue weighted by Crippen LogP contribution is 2.45. The summed E-state index contributed by atoms with van der Waals surface area (Å²) in [6.07, 6.45) is 0. The lowest BCUT2D eigenvalue weighted by molar-refractivity contribution is -0.122. The van der Waals surface area contributed by atoms with E-state index in [0.717, 1.165) is 22.3 Å². The molecule has 166 valence electrons. The normalized spacial score (nSPS) is 16.5. The van der Waals surface area contributed by atoms with Crippen molar-refractivity contribution in [1.29, 1.82) is 0 Å². The van der Waals surface area contributed by atoms with E-state index in [0.29, 0.717) is 16.9 Å². The van der Waals surface area contributed by atoms with Gasteiger partial charge in [0.15, 0.2) is 0 Å². The van der Waals surface area contributed by atoms with Crippen molar-refractivity contribution in [2.24, 2.45) is 11.8 Å². The minimum absolute atomic E-state index is 0.211. The fraction of sp³-hybridized carbons (Fsp3) is 0.0667. The number of amides is 2. The molecule has 1 aliphatic carbocycles. The second-order valence-electron chi connectivity index (χ2n) is 8.40. The predicted octanol–water partition coefficient (Wildman–Crippen LogP) is 6.40. The molecular weight excluding hydrogens is 420 g/mol. The van der Waals surface area contributed by atoms with Crippen molar-refractivity contribution < 1.29 is 9.59 Å². The second-order valence-corrected chi connectivity index (χ2v) is 8.40. The van der Waals surface area contributed by atoms with Crippen molar-refractivity contribution >= 4 is 23.2 Å². The zero-order chi connectivity index (χ0) is 23.5. The maximum atomic E-state index is 12.8. The molecule has 2 N–H and O–H groups in total. The van der Waals surface area contributed by atoms with Crippen LogP contribution in [-0.2, 0) is 9.59 Å². The summed E-state index contributed by atoms with van der Waals surface area (Å²) in [5.41, 5.74) is 6.40. The molecule has 0 unspecified atom stereocenters. The van der Waals surface area contributed by atoms with E-state index in [1.54, 1.807) is 0 Å². The number of rotatable bonds is 6. The van der Waals surface area contributed by atoms with Crippen LogP contribution in [0, 0.1) is 11.8 Å². The van der Waals surface area contributed by atoms with Gasteiger partial charge in [0.1, 0.15) is 0 Å². The van der Waals surface area contributed by atoms with Crippen LogP contribution in [0.4, 0.5) is 11.4 Å². The zero-order valence-electron chi connectivity index (χ0n) is 18.6. The molecule has 0 bridgehead atoms. The van der Waals surface area contributed by atoms with Crippen LogP contribution in [0.15, 0.2) is 121 Å². The minimum atomic E-state index is -0.516. The second kappa shape index (κ2) is 9.20. The number of hydrogen-bond acceptors (Lipinski definition) is 2. The van der Waals surface area contributed by atoms with Crippen LogP contribution in [0.2, 0.25) is 0 Å². The summed E-state index contributed by atoms with van der Waals surface area (Å²) in [7, 11) is 0. The molecule has 5 rings (SSSR count). The molecule has 1 fully saturated rings. The molecule has 4 aromatic rings. The summed E-state index contributed by atoms with van der Waals surface area (Å²) in [5, 5.41) is 5.82. The molecule has 2 atom stereocenters. The Labute approximate surface area is 199 Å². The van der Waals surface area contributed by atoms with Crippen LogP contribution in [0.1, 0.15) is 0 Å². The highest BCUT2D eigenvalue weighted by molar-refractivity contribution is 6.08. The molecule has 0 heterocycles. The van der Waals surface area contributed by atoms with Crippen LogP contribution >= 0.6 is 0 Å². The Balaban J connectivity index is 1.18. The smallest absolute Gasteiger partial charge is 0.232 e. The van der Waals surface area contributed by atoms with Gasteiger partial charge in [-0.25, -0.2) is 0 Å². The lowest BCUT2D eigenvalue weighted by Gasteiger charge is -2.08. The summed E-state index contributed by atoms with van der Waals surface area (Å²) < 4.78 is 0. The van der Waals surface area contributed by atoms with E-state index in [2.05, 4.69) is 17.2 Å². The van der Waals surface area contributed by atoms with Gasteiger partial charge in [-0.05, 0) is 46.5 Å². The standard InChI is InChI=1S/C30H24N2O2/c1-20-27(29(33)31-25-16-12-23(13-17-25)21-8-4-2-5-9-21)28(20)30(34)32-26-18-14-24(15-19-26)22-10-6-3-7-11-22/h2-19,27-28H,1H2,(H,31,33)(H,32,34)/t27-,28-/m0/s1. The monoisotopic (exact) mass is 444 g/mol. The fourth-order valence-electron chi connectivity index (χ4n) is 4.15. The van der Waals surface area contributed by atoms with Crippen LogP contribution in [0.3, 0.4) is 0 Å². The van der Waals surface area contributed by atoms with E-state index in [4.69, 9.17) is 0 Å². The quantitative estimate of drug-likeness (QED) is 0.338. The lowest BCUT2D eigenvalue weighted by Crippen LogP contribution is -2.20. The van der Waals surface area contributed by atoms with Crippen LogP contribution in [0.5, 0.6) is 0 Å². The molecule has 0 aromatic heterocycles. The van der Waals surface area contributed by atoms with Gasteiger partial charge >= 0.3 is 0 Å². The third-order valence-corrected chi connectivity index (χ3v) is 6.11. The molecule has 4 nitrogen and oxygen atoms in total. The summed E-state index contributed by atoms with van der Waals surface area (Å²) in [6, 6.07) is 35.4. The third-order valence-electron chi connectivity index (χ3n) is 6.11. The first-order valence-corrected chi connectivity index (χ1v) is 11.2. The molecule has 0 saturated heterocycles. The van der Waals surface area contributed by atoms with Gasteiger partial charge in [-0.2, -0.15) is 0 Å². The van der Waals surface area contributed by atoms with Gasteiger partial charge < -0.3 is 10.6 Å². The van der Waals surface area contributed by atoms with Crippen molar-refractivity contribution in [3.63, 3.8) is 0 Å². The van der Waals surface area contributed by atoms with Crippen molar-refractivity contribution in [1.82, 2.24) is 0 Å². The van der Waals surface area contributed by atoms with Gasteiger partial charge in [-0.1, -0.05) is 97.1 Å². The molecule has 0 radical (unpaired) electrons. The van der Waals surface area contributed by atoms with Gasteiger partial charge in [0.05, 0.1) is 11.8 Å². The van der Waals surface area contributed by atoms with E-state index < -0.39 is 11.8 Å². The number of nitrogens with one attached hydrogen (secondary N) is 2. The molecule has 2 amide bonds. The Bertz CT molecular complexity index is 1220. The Morgan fingerprint density at radius 2 is 0.824 bits per heavy atom. The SMILES string of the molecule is C=C1[C@H](C(=O)Nc2ccc(-c3ccccc3)cc2)[C@H]1C(=O)Nc1ccc(-c2ccccc2)cc1. The first-order chi connectivity index (χ1) is 16.6. The van der Waals surface area contributed by atoms with Crippen LogP contribution < -0.4 is 10.6 Å². The van der Waals surface area contributed by atoms with Gasteiger partial charge in [0.2, 0.25) is 11.8 Å². The molecule has 0 aliphatic heterocycles. The maximum absolute atomic E-state index is 12.8. The molecule has 4 heteroatoms. The van der Waals surface area contributed by atoms with E-state index in [1.165, 1.54) is 0 Å². The number of benzene rings is 4. The van der Waals surface area contributed by atoms with E-state index in [9.17, 15) is 9.59 Å². The maximum Gasteiger partial charge on any atom is 0.232 e. The summed E-state index contributed by atoms with van der Waals surface area (Å²) in [5.74, 6) is -1.45. The number of carbonyl (C=O) groups excluding carboxylic acids is 2. The third kappa shape index (κ3) is 4.52. The van der Waals surface area contributed by atoms with E-state index >= 15 is 0 Å². The van der Waals surface area contributed by atoms with Gasteiger partial charge in [-0.3, -0.25) is 9.59 Å². The Kier molecular flexibility index (Phi) is 5.79. The minimum Gasteiger partial charge on any atom is -0.326 e. The first-order valence-electron chi connectivity index (χ1n) is 11.2. The molecule has 0 spiro atoms. The van der Waals surface area contributed by atoms with Crippen molar-refractivity contribution in [2.75, 3.05) is 10.6 Å².